The Kier molecular flexibility index (Phi) is 4.19. The topological polar surface area (TPSA) is 12.0 Å². The molecule has 0 fully saturated rings. The molecule has 66 valence electrons. The van der Waals surface area contributed by atoms with Gasteiger partial charge in [-0.25, -0.2) is 0 Å². The third kappa shape index (κ3) is 3.28. The number of rotatable bonds is 4. The molecule has 1 aromatic carbocycles. The minimum Gasteiger partial charge on any atom is -0.308 e. The summed E-state index contributed by atoms with van der Waals surface area (Å²) < 4.78 is 0. The van der Waals surface area contributed by atoms with E-state index in [1.54, 1.807) is 0 Å². The van der Waals surface area contributed by atoms with E-state index < -0.39 is 0 Å². The van der Waals surface area contributed by atoms with E-state index in [0.717, 1.165) is 18.8 Å². The van der Waals surface area contributed by atoms with Gasteiger partial charge in [0.25, 0.3) is 0 Å². The maximum atomic E-state index is 4.07. The van der Waals surface area contributed by atoms with Crippen LogP contribution in [0.25, 0.3) is 0 Å². The van der Waals surface area contributed by atoms with Gasteiger partial charge in [-0.05, 0) is 25.5 Å². The average Bonchev–Trinajstić information content (AvgIpc) is 2.09. The predicted octanol–water partition coefficient (Wildman–Crippen LogP) is 2.01. The van der Waals surface area contributed by atoms with Crippen molar-refractivity contribution in [3.63, 3.8) is 0 Å². The third-order valence-electron chi connectivity index (χ3n) is 1.82. The Hall–Kier alpha value is -0.470. The lowest BCUT2D eigenvalue weighted by Crippen LogP contribution is -2.14. The number of nitrogens with one attached hydrogen (secondary N) is 1. The first-order valence-electron chi connectivity index (χ1n) is 4.20. The summed E-state index contributed by atoms with van der Waals surface area (Å²) in [7, 11) is 0. The molecule has 1 N–H and O–H groups in total. The van der Waals surface area contributed by atoms with Gasteiger partial charge in [0.2, 0.25) is 0 Å². The summed E-state index contributed by atoms with van der Waals surface area (Å²) in [5.41, 5.74) is 2.70. The van der Waals surface area contributed by atoms with Crippen molar-refractivity contribution >= 4 is 12.6 Å². The Morgan fingerprint density at radius 3 is 2.50 bits per heavy atom. The van der Waals surface area contributed by atoms with Crippen LogP contribution in [0.5, 0.6) is 0 Å². The molecule has 0 atom stereocenters. The number of hydrogen-bond acceptors (Lipinski definition) is 2. The number of aryl methyl sites for hydroxylation is 1. The van der Waals surface area contributed by atoms with Crippen molar-refractivity contribution in [3.8, 4) is 0 Å². The fraction of sp³-hybridized carbons (Fsp3) is 0.400. The largest absolute Gasteiger partial charge is 0.308 e. The highest BCUT2D eigenvalue weighted by molar-refractivity contribution is 7.80. The molecule has 0 spiro atoms. The molecule has 0 saturated carbocycles. The molecule has 0 bridgehead atoms. The van der Waals surface area contributed by atoms with Crippen LogP contribution in [0.2, 0.25) is 0 Å². The molecule has 0 heterocycles. The second-order valence-corrected chi connectivity index (χ2v) is 3.21. The van der Waals surface area contributed by atoms with Crippen LogP contribution in [0.3, 0.4) is 0 Å². The van der Waals surface area contributed by atoms with Crippen molar-refractivity contribution in [2.75, 3.05) is 12.4 Å². The van der Waals surface area contributed by atoms with Gasteiger partial charge >= 0.3 is 0 Å². The summed E-state index contributed by atoms with van der Waals surface area (Å²) in [6, 6.07) is 8.65. The molecule has 0 aliphatic carbocycles. The maximum Gasteiger partial charge on any atom is 0.0387 e. The summed E-state index contributed by atoms with van der Waals surface area (Å²) in [5, 5.41) is 3.18. The minimum absolute atomic E-state index is 0.756. The molecule has 0 radical (unpaired) electrons. The Morgan fingerprint density at radius 2 is 1.92 bits per heavy atom. The van der Waals surface area contributed by atoms with Crippen molar-refractivity contribution in [1.29, 1.82) is 0 Å². The Labute approximate surface area is 79.6 Å². The summed E-state index contributed by atoms with van der Waals surface area (Å²) in [6.45, 7) is 3.11. The average molecular weight is 181 g/mol. The van der Waals surface area contributed by atoms with E-state index >= 15 is 0 Å². The van der Waals surface area contributed by atoms with Crippen molar-refractivity contribution in [1.82, 2.24) is 5.32 Å². The van der Waals surface area contributed by atoms with Gasteiger partial charge in [-0.15, -0.1) is 0 Å². The van der Waals surface area contributed by atoms with Crippen LogP contribution < -0.4 is 5.32 Å². The van der Waals surface area contributed by atoms with Crippen molar-refractivity contribution < 1.29 is 0 Å². The number of benzene rings is 1. The predicted molar refractivity (Wildman–Crippen MR) is 56.7 cm³/mol. The van der Waals surface area contributed by atoms with Crippen LogP contribution in [0, 0.1) is 6.92 Å². The highest BCUT2D eigenvalue weighted by atomic mass is 32.1. The van der Waals surface area contributed by atoms with Gasteiger partial charge in [-0.2, -0.15) is 12.6 Å². The fourth-order valence-corrected chi connectivity index (χ4v) is 1.22. The molecule has 0 aliphatic heterocycles. The maximum absolute atomic E-state index is 4.07. The van der Waals surface area contributed by atoms with Crippen molar-refractivity contribution in [2.24, 2.45) is 0 Å². The van der Waals surface area contributed by atoms with Crippen molar-refractivity contribution in [2.45, 2.75) is 13.3 Å². The normalized spacial score (nSPS) is 10.2. The molecular formula is C10H15NS. The van der Waals surface area contributed by atoms with Crippen LogP contribution in [0.1, 0.15) is 11.1 Å². The van der Waals surface area contributed by atoms with E-state index in [1.807, 2.05) is 0 Å². The summed E-state index contributed by atoms with van der Waals surface area (Å²) in [4.78, 5) is 0. The molecule has 0 unspecified atom stereocenters. The molecule has 2 heteroatoms. The van der Waals surface area contributed by atoms with Gasteiger partial charge in [0.05, 0.1) is 0 Å². The Balaban J connectivity index is 2.37. The zero-order valence-corrected chi connectivity index (χ0v) is 8.27. The zero-order valence-electron chi connectivity index (χ0n) is 7.38. The summed E-state index contributed by atoms with van der Waals surface area (Å²) in [5.74, 6) is 0.756. The van der Waals surface area contributed by atoms with Crippen LogP contribution >= 0.6 is 12.6 Å². The van der Waals surface area contributed by atoms with Crippen LogP contribution in [0.15, 0.2) is 24.3 Å². The lowest BCUT2D eigenvalue weighted by atomic mass is 10.1. The van der Waals surface area contributed by atoms with Gasteiger partial charge < -0.3 is 5.32 Å². The quantitative estimate of drug-likeness (QED) is 0.411. The van der Waals surface area contributed by atoms with E-state index in [1.165, 1.54) is 11.1 Å². The summed E-state index contributed by atoms with van der Waals surface area (Å²) >= 11 is 4.07. The van der Waals surface area contributed by atoms with E-state index in [2.05, 4.69) is 49.1 Å². The smallest absolute Gasteiger partial charge is 0.0387 e. The van der Waals surface area contributed by atoms with Gasteiger partial charge in [-0.1, -0.05) is 29.8 Å². The standard InChI is InChI=1S/C10H15NS/c1-9-2-4-10(5-3-9)6-7-11-8-12/h2-5,11-12H,6-8H2,1H3. The second kappa shape index (κ2) is 5.22. The molecule has 0 saturated heterocycles. The molecule has 1 rings (SSSR count). The Morgan fingerprint density at radius 1 is 1.25 bits per heavy atom. The molecule has 1 nitrogen and oxygen atoms in total. The molecule has 0 aliphatic rings. The van der Waals surface area contributed by atoms with Crippen LogP contribution in [-0.4, -0.2) is 12.4 Å². The van der Waals surface area contributed by atoms with Gasteiger partial charge in [0, 0.05) is 5.88 Å². The zero-order chi connectivity index (χ0) is 8.81. The van der Waals surface area contributed by atoms with Gasteiger partial charge in [-0.3, -0.25) is 0 Å². The lowest BCUT2D eigenvalue weighted by molar-refractivity contribution is 0.776. The van der Waals surface area contributed by atoms with Crippen LogP contribution in [0.4, 0.5) is 0 Å². The van der Waals surface area contributed by atoms with E-state index in [9.17, 15) is 0 Å². The molecule has 0 aromatic heterocycles. The van der Waals surface area contributed by atoms with E-state index in [0.29, 0.717) is 0 Å². The number of hydrogen-bond donors (Lipinski definition) is 2. The lowest BCUT2D eigenvalue weighted by Gasteiger charge is -2.01. The van der Waals surface area contributed by atoms with E-state index in [-0.39, 0.29) is 0 Å². The van der Waals surface area contributed by atoms with Crippen LogP contribution in [-0.2, 0) is 6.42 Å². The minimum atomic E-state index is 0.756. The molecule has 0 amide bonds. The fourth-order valence-electron chi connectivity index (χ4n) is 1.07. The monoisotopic (exact) mass is 181 g/mol. The second-order valence-electron chi connectivity index (χ2n) is 2.89. The Bertz CT molecular complexity index is 218. The first-order valence-corrected chi connectivity index (χ1v) is 4.83. The van der Waals surface area contributed by atoms with Gasteiger partial charge in [0.15, 0.2) is 0 Å². The van der Waals surface area contributed by atoms with Gasteiger partial charge in [0.1, 0.15) is 0 Å². The summed E-state index contributed by atoms with van der Waals surface area (Å²) in [6.07, 6.45) is 1.08. The highest BCUT2D eigenvalue weighted by Crippen LogP contribution is 2.02. The van der Waals surface area contributed by atoms with E-state index in [4.69, 9.17) is 0 Å². The third-order valence-corrected chi connectivity index (χ3v) is 2.05. The molecule has 12 heavy (non-hydrogen) atoms. The number of thiol groups is 1. The first-order chi connectivity index (χ1) is 5.83. The first kappa shape index (κ1) is 9.62. The molecule has 1 aromatic rings. The van der Waals surface area contributed by atoms with Crippen molar-refractivity contribution in [3.05, 3.63) is 35.4 Å². The highest BCUT2D eigenvalue weighted by Gasteiger charge is 1.90. The molecular weight excluding hydrogens is 166 g/mol. The SMILES string of the molecule is Cc1ccc(CCNCS)cc1.